The Morgan fingerprint density at radius 2 is 1.38 bits per heavy atom. The molecule has 0 fully saturated rings. The smallest absolute Gasteiger partial charge is 0.251 e. The highest BCUT2D eigenvalue weighted by Gasteiger charge is 2.21. The Kier molecular flexibility index (Phi) is 7.83. The first-order valence-corrected chi connectivity index (χ1v) is 9.75. The van der Waals surface area contributed by atoms with Crippen LogP contribution in [0.5, 0.6) is 0 Å². The van der Waals surface area contributed by atoms with Crippen LogP contribution in [0.1, 0.15) is 63.2 Å². The normalized spacial score (nSPS) is 12.2. The quantitative estimate of drug-likeness (QED) is 0.568. The molecule has 0 aliphatic rings. The lowest BCUT2D eigenvalue weighted by atomic mass is 9.88. The van der Waals surface area contributed by atoms with Crippen LogP contribution >= 0.6 is 0 Å². The molecule has 2 nitrogen and oxygen atoms in total. The van der Waals surface area contributed by atoms with Crippen LogP contribution in [-0.2, 0) is 0 Å². The zero-order valence-electron chi connectivity index (χ0n) is 16.1. The van der Waals surface area contributed by atoms with Crippen molar-refractivity contribution in [2.24, 2.45) is 5.92 Å². The average Bonchev–Trinajstić information content (AvgIpc) is 2.66. The molecule has 0 radical (unpaired) electrons. The molecule has 3 heteroatoms. The number of rotatable bonds is 9. The maximum Gasteiger partial charge on any atom is 0.251 e. The van der Waals surface area contributed by atoms with E-state index in [0.717, 1.165) is 43.2 Å². The standard InChI is InChI=1S/C23H30FNO/c1-4-7-19(8-5-2)22(6-3)25-23(26)20-11-9-17(10-12-20)18-13-15-21(24)16-14-18/h9-16,19,22H,4-8H2,1-3H3,(H,25,26). The average molecular weight is 355 g/mol. The van der Waals surface area contributed by atoms with Crippen molar-refractivity contribution in [2.75, 3.05) is 0 Å². The number of hydrogen-bond donors (Lipinski definition) is 1. The van der Waals surface area contributed by atoms with E-state index in [9.17, 15) is 9.18 Å². The fraction of sp³-hybridized carbons (Fsp3) is 0.435. The minimum absolute atomic E-state index is 0.0142. The molecular formula is C23H30FNO. The van der Waals surface area contributed by atoms with Gasteiger partial charge in [-0.3, -0.25) is 4.79 Å². The monoisotopic (exact) mass is 355 g/mol. The lowest BCUT2D eigenvalue weighted by Crippen LogP contribution is -2.40. The molecule has 140 valence electrons. The zero-order chi connectivity index (χ0) is 18.9. The molecule has 0 saturated heterocycles. The molecule has 0 aromatic heterocycles. The number of carbonyl (C=O) groups is 1. The van der Waals surface area contributed by atoms with Gasteiger partial charge in [-0.2, -0.15) is 0 Å². The summed E-state index contributed by atoms with van der Waals surface area (Å²) in [6.45, 7) is 6.54. The second kappa shape index (κ2) is 10.1. The topological polar surface area (TPSA) is 29.1 Å². The second-order valence-electron chi connectivity index (χ2n) is 6.91. The number of hydrogen-bond acceptors (Lipinski definition) is 1. The first-order valence-electron chi connectivity index (χ1n) is 9.75. The Hall–Kier alpha value is -2.16. The molecule has 2 aromatic carbocycles. The van der Waals surface area contributed by atoms with Crippen LogP contribution in [0.15, 0.2) is 48.5 Å². The molecule has 0 aliphatic carbocycles. The summed E-state index contributed by atoms with van der Waals surface area (Å²) in [6, 6.07) is 14.1. The summed E-state index contributed by atoms with van der Waals surface area (Å²) in [4.78, 5) is 12.7. The van der Waals surface area contributed by atoms with Crippen LogP contribution in [0.25, 0.3) is 11.1 Å². The predicted molar refractivity (Wildman–Crippen MR) is 107 cm³/mol. The van der Waals surface area contributed by atoms with Gasteiger partial charge in [0.05, 0.1) is 0 Å². The van der Waals surface area contributed by atoms with E-state index in [1.54, 1.807) is 12.1 Å². The summed E-state index contributed by atoms with van der Waals surface area (Å²) in [5.74, 6) is 0.279. The van der Waals surface area contributed by atoms with Crippen molar-refractivity contribution in [1.82, 2.24) is 5.32 Å². The molecule has 1 N–H and O–H groups in total. The first-order chi connectivity index (χ1) is 12.6. The van der Waals surface area contributed by atoms with Crippen LogP contribution in [-0.4, -0.2) is 11.9 Å². The van der Waals surface area contributed by atoms with E-state index in [-0.39, 0.29) is 17.8 Å². The van der Waals surface area contributed by atoms with Gasteiger partial charge in [-0.05, 0) is 60.6 Å². The summed E-state index contributed by atoms with van der Waals surface area (Å²) in [5.41, 5.74) is 2.58. The van der Waals surface area contributed by atoms with Crippen LogP contribution in [0.2, 0.25) is 0 Å². The van der Waals surface area contributed by atoms with Gasteiger partial charge in [0.25, 0.3) is 5.91 Å². The van der Waals surface area contributed by atoms with Crippen molar-refractivity contribution in [2.45, 2.75) is 58.9 Å². The van der Waals surface area contributed by atoms with Crippen LogP contribution in [0, 0.1) is 11.7 Å². The van der Waals surface area contributed by atoms with Gasteiger partial charge in [0.2, 0.25) is 0 Å². The summed E-state index contributed by atoms with van der Waals surface area (Å²) in [7, 11) is 0. The number of nitrogens with one attached hydrogen (secondary N) is 1. The predicted octanol–water partition coefficient (Wildman–Crippen LogP) is 6.22. The molecule has 0 saturated carbocycles. The Morgan fingerprint density at radius 3 is 1.85 bits per heavy atom. The van der Waals surface area contributed by atoms with Crippen molar-refractivity contribution in [3.63, 3.8) is 0 Å². The van der Waals surface area contributed by atoms with Gasteiger partial charge in [0, 0.05) is 11.6 Å². The Labute approximate surface area is 156 Å². The second-order valence-corrected chi connectivity index (χ2v) is 6.91. The molecule has 2 aromatic rings. The third-order valence-corrected chi connectivity index (χ3v) is 4.97. The largest absolute Gasteiger partial charge is 0.349 e. The zero-order valence-corrected chi connectivity index (χ0v) is 16.1. The van der Waals surface area contributed by atoms with Crippen molar-refractivity contribution < 1.29 is 9.18 Å². The van der Waals surface area contributed by atoms with Gasteiger partial charge in [0.15, 0.2) is 0 Å². The number of carbonyl (C=O) groups excluding carboxylic acids is 1. The third kappa shape index (κ3) is 5.42. The molecule has 1 amide bonds. The summed E-state index contributed by atoms with van der Waals surface area (Å²) in [6.07, 6.45) is 5.53. The van der Waals surface area contributed by atoms with Gasteiger partial charge >= 0.3 is 0 Å². The highest BCUT2D eigenvalue weighted by Crippen LogP contribution is 2.22. The van der Waals surface area contributed by atoms with E-state index in [1.165, 1.54) is 12.1 Å². The van der Waals surface area contributed by atoms with Gasteiger partial charge < -0.3 is 5.32 Å². The summed E-state index contributed by atoms with van der Waals surface area (Å²) in [5, 5.41) is 3.23. The molecule has 1 unspecified atom stereocenters. The maximum atomic E-state index is 13.0. The molecule has 0 bridgehead atoms. The Bertz CT molecular complexity index is 672. The molecule has 0 spiro atoms. The number of amides is 1. The van der Waals surface area contributed by atoms with E-state index in [2.05, 4.69) is 26.1 Å². The van der Waals surface area contributed by atoms with Gasteiger partial charge in [-0.25, -0.2) is 4.39 Å². The number of benzene rings is 2. The highest BCUT2D eigenvalue weighted by atomic mass is 19.1. The Morgan fingerprint density at radius 1 is 0.885 bits per heavy atom. The van der Waals surface area contributed by atoms with Crippen LogP contribution < -0.4 is 5.32 Å². The summed E-state index contributed by atoms with van der Waals surface area (Å²) < 4.78 is 13.0. The van der Waals surface area contributed by atoms with Crippen molar-refractivity contribution >= 4 is 5.91 Å². The number of halogens is 1. The van der Waals surface area contributed by atoms with E-state index in [0.29, 0.717) is 11.5 Å². The van der Waals surface area contributed by atoms with Crippen LogP contribution in [0.3, 0.4) is 0 Å². The fourth-order valence-electron chi connectivity index (χ4n) is 3.55. The molecule has 26 heavy (non-hydrogen) atoms. The van der Waals surface area contributed by atoms with Crippen LogP contribution in [0.4, 0.5) is 4.39 Å². The van der Waals surface area contributed by atoms with Gasteiger partial charge in [0.1, 0.15) is 5.82 Å². The molecule has 0 aliphatic heterocycles. The molecular weight excluding hydrogens is 325 g/mol. The first kappa shape index (κ1) is 20.2. The van der Waals surface area contributed by atoms with Crippen molar-refractivity contribution in [3.05, 3.63) is 59.9 Å². The van der Waals surface area contributed by atoms with Gasteiger partial charge in [-0.15, -0.1) is 0 Å². The van der Waals surface area contributed by atoms with E-state index < -0.39 is 0 Å². The van der Waals surface area contributed by atoms with E-state index in [4.69, 9.17) is 0 Å². The molecule has 1 atom stereocenters. The lowest BCUT2D eigenvalue weighted by Gasteiger charge is -2.27. The Balaban J connectivity index is 2.07. The lowest BCUT2D eigenvalue weighted by molar-refractivity contribution is 0.0916. The molecule has 2 rings (SSSR count). The third-order valence-electron chi connectivity index (χ3n) is 4.97. The fourth-order valence-corrected chi connectivity index (χ4v) is 3.55. The minimum atomic E-state index is -0.246. The van der Waals surface area contributed by atoms with Gasteiger partial charge in [-0.1, -0.05) is 57.9 Å². The van der Waals surface area contributed by atoms with E-state index in [1.807, 2.05) is 24.3 Å². The minimum Gasteiger partial charge on any atom is -0.349 e. The van der Waals surface area contributed by atoms with Crippen molar-refractivity contribution in [1.29, 1.82) is 0 Å². The SMILES string of the molecule is CCCC(CCC)C(CC)NC(=O)c1ccc(-c2ccc(F)cc2)cc1. The van der Waals surface area contributed by atoms with Crippen molar-refractivity contribution in [3.8, 4) is 11.1 Å². The van der Waals surface area contributed by atoms with E-state index >= 15 is 0 Å². The summed E-state index contributed by atoms with van der Waals surface area (Å²) >= 11 is 0. The maximum absolute atomic E-state index is 13.0. The highest BCUT2D eigenvalue weighted by molar-refractivity contribution is 5.94. The molecule has 0 heterocycles.